The standard InChI is InChI=1S/C17H16FN3/c1-12-5-7-13(8-6-12)11-21-17(19)10-16(20-21)14-3-2-4-15(18)9-14/h2-10H,11,19H2,1H3. The van der Waals surface area contributed by atoms with Gasteiger partial charge < -0.3 is 5.73 Å². The van der Waals surface area contributed by atoms with Gasteiger partial charge in [0.05, 0.1) is 12.2 Å². The van der Waals surface area contributed by atoms with Gasteiger partial charge in [-0.15, -0.1) is 0 Å². The molecule has 0 saturated heterocycles. The molecule has 2 N–H and O–H groups in total. The minimum Gasteiger partial charge on any atom is -0.384 e. The number of hydrogen-bond acceptors (Lipinski definition) is 2. The maximum atomic E-state index is 13.3. The molecule has 3 aromatic rings. The van der Waals surface area contributed by atoms with E-state index in [1.807, 2.05) is 13.0 Å². The molecule has 0 aliphatic rings. The van der Waals surface area contributed by atoms with Gasteiger partial charge in [0.15, 0.2) is 0 Å². The Kier molecular flexibility index (Phi) is 3.44. The molecule has 0 atom stereocenters. The molecule has 1 aromatic heterocycles. The number of nitrogens with two attached hydrogens (primary N) is 1. The molecule has 1 heterocycles. The molecule has 0 aliphatic heterocycles. The lowest BCUT2D eigenvalue weighted by Crippen LogP contribution is -2.05. The van der Waals surface area contributed by atoms with E-state index in [1.54, 1.807) is 16.8 Å². The number of halogens is 1. The van der Waals surface area contributed by atoms with E-state index in [-0.39, 0.29) is 5.82 Å². The predicted molar refractivity (Wildman–Crippen MR) is 82.3 cm³/mol. The highest BCUT2D eigenvalue weighted by atomic mass is 19.1. The van der Waals surface area contributed by atoms with Gasteiger partial charge in [-0.05, 0) is 24.6 Å². The highest BCUT2D eigenvalue weighted by Gasteiger charge is 2.08. The molecule has 0 unspecified atom stereocenters. The van der Waals surface area contributed by atoms with Crippen LogP contribution in [0.15, 0.2) is 54.6 Å². The Bertz CT molecular complexity index is 760. The molecule has 0 amide bonds. The molecule has 0 aliphatic carbocycles. The molecule has 0 fully saturated rings. The van der Waals surface area contributed by atoms with Crippen LogP contribution in [0.4, 0.5) is 10.2 Å². The highest BCUT2D eigenvalue weighted by Crippen LogP contribution is 2.21. The van der Waals surface area contributed by atoms with E-state index >= 15 is 0 Å². The van der Waals surface area contributed by atoms with Gasteiger partial charge in [-0.3, -0.25) is 0 Å². The smallest absolute Gasteiger partial charge is 0.123 e. The molecule has 4 heteroatoms. The molecule has 3 rings (SSSR count). The van der Waals surface area contributed by atoms with Gasteiger partial charge in [-0.25, -0.2) is 9.07 Å². The van der Waals surface area contributed by atoms with Gasteiger partial charge in [0.1, 0.15) is 11.6 Å². The summed E-state index contributed by atoms with van der Waals surface area (Å²) in [6.07, 6.45) is 0. The van der Waals surface area contributed by atoms with E-state index in [4.69, 9.17) is 5.73 Å². The summed E-state index contributed by atoms with van der Waals surface area (Å²) >= 11 is 0. The van der Waals surface area contributed by atoms with Gasteiger partial charge in [-0.1, -0.05) is 42.0 Å². The second-order valence-corrected chi connectivity index (χ2v) is 5.11. The Morgan fingerprint density at radius 3 is 2.57 bits per heavy atom. The summed E-state index contributed by atoms with van der Waals surface area (Å²) in [5.74, 6) is 0.286. The molecule has 3 nitrogen and oxygen atoms in total. The first kappa shape index (κ1) is 13.4. The zero-order valence-electron chi connectivity index (χ0n) is 11.8. The summed E-state index contributed by atoms with van der Waals surface area (Å²) in [5.41, 5.74) is 9.75. The average Bonchev–Trinajstić information content (AvgIpc) is 2.83. The van der Waals surface area contributed by atoms with Crippen molar-refractivity contribution in [3.63, 3.8) is 0 Å². The van der Waals surface area contributed by atoms with Crippen LogP contribution in [0.3, 0.4) is 0 Å². The maximum absolute atomic E-state index is 13.3. The zero-order valence-corrected chi connectivity index (χ0v) is 11.8. The fourth-order valence-electron chi connectivity index (χ4n) is 2.21. The number of hydrogen-bond donors (Lipinski definition) is 1. The normalized spacial score (nSPS) is 10.8. The van der Waals surface area contributed by atoms with Crippen molar-refractivity contribution >= 4 is 5.82 Å². The molecule has 0 saturated carbocycles. The lowest BCUT2D eigenvalue weighted by molar-refractivity contribution is 0.628. The lowest BCUT2D eigenvalue weighted by atomic mass is 10.1. The molecule has 106 valence electrons. The quantitative estimate of drug-likeness (QED) is 0.796. The lowest BCUT2D eigenvalue weighted by Gasteiger charge is -2.04. The number of aryl methyl sites for hydroxylation is 1. The number of nitrogens with zero attached hydrogens (tertiary/aromatic N) is 2. The molecular formula is C17H16FN3. The average molecular weight is 281 g/mol. The first-order valence-electron chi connectivity index (χ1n) is 6.76. The summed E-state index contributed by atoms with van der Waals surface area (Å²) < 4.78 is 15.0. The van der Waals surface area contributed by atoms with Crippen LogP contribution in [0.2, 0.25) is 0 Å². The minimum absolute atomic E-state index is 0.279. The van der Waals surface area contributed by atoms with E-state index in [0.717, 1.165) is 11.1 Å². The van der Waals surface area contributed by atoms with Crippen LogP contribution in [0.25, 0.3) is 11.3 Å². The summed E-state index contributed by atoms with van der Waals surface area (Å²) in [6.45, 7) is 2.65. The zero-order chi connectivity index (χ0) is 14.8. The van der Waals surface area contributed by atoms with Gasteiger partial charge in [-0.2, -0.15) is 5.10 Å². The molecular weight excluding hydrogens is 265 g/mol. The molecule has 2 aromatic carbocycles. The number of rotatable bonds is 3. The van der Waals surface area contributed by atoms with Crippen molar-refractivity contribution in [1.82, 2.24) is 9.78 Å². The third-order valence-electron chi connectivity index (χ3n) is 3.38. The van der Waals surface area contributed by atoms with Crippen LogP contribution >= 0.6 is 0 Å². The number of benzene rings is 2. The first-order chi connectivity index (χ1) is 10.1. The van der Waals surface area contributed by atoms with E-state index in [2.05, 4.69) is 29.4 Å². The Morgan fingerprint density at radius 2 is 1.86 bits per heavy atom. The molecule has 21 heavy (non-hydrogen) atoms. The monoisotopic (exact) mass is 281 g/mol. The van der Waals surface area contributed by atoms with Crippen molar-refractivity contribution in [2.24, 2.45) is 0 Å². The Labute approximate surface area is 122 Å². The Balaban J connectivity index is 1.89. The first-order valence-corrected chi connectivity index (χ1v) is 6.76. The second-order valence-electron chi connectivity index (χ2n) is 5.11. The molecule has 0 bridgehead atoms. The highest BCUT2D eigenvalue weighted by molar-refractivity contribution is 5.62. The van der Waals surface area contributed by atoms with Gasteiger partial charge >= 0.3 is 0 Å². The Morgan fingerprint density at radius 1 is 1.10 bits per heavy atom. The van der Waals surface area contributed by atoms with Crippen molar-refractivity contribution in [3.8, 4) is 11.3 Å². The van der Waals surface area contributed by atoms with E-state index in [9.17, 15) is 4.39 Å². The van der Waals surface area contributed by atoms with Crippen LogP contribution in [0, 0.1) is 12.7 Å². The summed E-state index contributed by atoms with van der Waals surface area (Å²) in [5, 5.41) is 4.46. The van der Waals surface area contributed by atoms with Gasteiger partial charge in [0, 0.05) is 11.6 Å². The third kappa shape index (κ3) is 2.94. The minimum atomic E-state index is -0.279. The van der Waals surface area contributed by atoms with Crippen molar-refractivity contribution in [2.45, 2.75) is 13.5 Å². The van der Waals surface area contributed by atoms with Crippen molar-refractivity contribution < 1.29 is 4.39 Å². The number of anilines is 1. The fraction of sp³-hybridized carbons (Fsp3) is 0.118. The van der Waals surface area contributed by atoms with Crippen LogP contribution in [-0.4, -0.2) is 9.78 Å². The van der Waals surface area contributed by atoms with Gasteiger partial charge in [0.25, 0.3) is 0 Å². The number of nitrogen functional groups attached to an aromatic ring is 1. The fourth-order valence-corrected chi connectivity index (χ4v) is 2.21. The van der Waals surface area contributed by atoms with Crippen molar-refractivity contribution in [2.75, 3.05) is 5.73 Å². The van der Waals surface area contributed by atoms with E-state index in [1.165, 1.54) is 17.7 Å². The van der Waals surface area contributed by atoms with E-state index in [0.29, 0.717) is 18.1 Å². The van der Waals surface area contributed by atoms with Crippen molar-refractivity contribution in [3.05, 3.63) is 71.5 Å². The second kappa shape index (κ2) is 5.40. The SMILES string of the molecule is Cc1ccc(Cn2nc(-c3cccc(F)c3)cc2N)cc1. The van der Waals surface area contributed by atoms with Crippen LogP contribution < -0.4 is 5.73 Å². The van der Waals surface area contributed by atoms with Crippen LogP contribution in [-0.2, 0) is 6.54 Å². The number of aromatic nitrogens is 2. The van der Waals surface area contributed by atoms with Gasteiger partial charge in [0.2, 0.25) is 0 Å². The molecule has 0 spiro atoms. The maximum Gasteiger partial charge on any atom is 0.123 e. The summed E-state index contributed by atoms with van der Waals surface area (Å²) in [7, 11) is 0. The Hall–Kier alpha value is -2.62. The largest absolute Gasteiger partial charge is 0.384 e. The van der Waals surface area contributed by atoms with Crippen molar-refractivity contribution in [1.29, 1.82) is 0 Å². The molecule has 0 radical (unpaired) electrons. The van der Waals surface area contributed by atoms with E-state index < -0.39 is 0 Å². The summed E-state index contributed by atoms with van der Waals surface area (Å²) in [6, 6.07) is 16.3. The summed E-state index contributed by atoms with van der Waals surface area (Å²) in [4.78, 5) is 0. The predicted octanol–water partition coefficient (Wildman–Crippen LogP) is 3.63. The van der Waals surface area contributed by atoms with Crippen LogP contribution in [0.1, 0.15) is 11.1 Å². The van der Waals surface area contributed by atoms with Crippen LogP contribution in [0.5, 0.6) is 0 Å². The third-order valence-corrected chi connectivity index (χ3v) is 3.38. The topological polar surface area (TPSA) is 43.8 Å².